The van der Waals surface area contributed by atoms with E-state index < -0.39 is 0 Å². The van der Waals surface area contributed by atoms with Gasteiger partial charge in [0, 0.05) is 5.54 Å². The third-order valence-electron chi connectivity index (χ3n) is 3.22. The summed E-state index contributed by atoms with van der Waals surface area (Å²) >= 11 is 0. The van der Waals surface area contributed by atoms with Gasteiger partial charge in [-0.05, 0) is 38.0 Å². The van der Waals surface area contributed by atoms with Gasteiger partial charge >= 0.3 is 0 Å². The van der Waals surface area contributed by atoms with Crippen LogP contribution in [0.4, 0.5) is 0 Å². The van der Waals surface area contributed by atoms with E-state index in [1.54, 1.807) is 0 Å². The van der Waals surface area contributed by atoms with Crippen LogP contribution < -0.4 is 5.73 Å². The lowest BCUT2D eigenvalue weighted by Gasteiger charge is -2.34. The first-order chi connectivity index (χ1) is 5.41. The maximum absolute atomic E-state index is 6.17. The van der Waals surface area contributed by atoms with Gasteiger partial charge in [-0.25, -0.2) is 0 Å². The van der Waals surface area contributed by atoms with Crippen LogP contribution in [0.25, 0.3) is 0 Å². The molecule has 1 heteroatoms. The molecule has 0 spiro atoms. The van der Waals surface area contributed by atoms with Crippen LogP contribution in [-0.2, 0) is 0 Å². The maximum atomic E-state index is 6.17. The van der Waals surface area contributed by atoms with Crippen molar-refractivity contribution in [3.8, 4) is 0 Å². The molecular formula is C11H23N. The molecule has 0 bridgehead atoms. The Morgan fingerprint density at radius 1 is 0.833 bits per heavy atom. The van der Waals surface area contributed by atoms with E-state index in [0.717, 1.165) is 0 Å². The van der Waals surface area contributed by atoms with Gasteiger partial charge in [-0.2, -0.15) is 0 Å². The lowest BCUT2D eigenvalue weighted by Crippen LogP contribution is -2.38. The SMILES string of the molecule is CC1(C)CCCCC(C)(N)CC1. The van der Waals surface area contributed by atoms with Crippen molar-refractivity contribution in [2.75, 3.05) is 0 Å². The van der Waals surface area contributed by atoms with Crippen molar-refractivity contribution in [3.05, 3.63) is 0 Å². The fraction of sp³-hybridized carbons (Fsp3) is 1.00. The fourth-order valence-corrected chi connectivity index (χ4v) is 2.01. The first-order valence-electron chi connectivity index (χ1n) is 5.20. The lowest BCUT2D eigenvalue weighted by atomic mass is 9.75. The van der Waals surface area contributed by atoms with Gasteiger partial charge in [-0.3, -0.25) is 0 Å². The van der Waals surface area contributed by atoms with Crippen molar-refractivity contribution < 1.29 is 0 Å². The summed E-state index contributed by atoms with van der Waals surface area (Å²) in [5.74, 6) is 0. The molecule has 1 unspecified atom stereocenters. The highest BCUT2D eigenvalue weighted by atomic mass is 14.7. The van der Waals surface area contributed by atoms with Crippen molar-refractivity contribution in [2.24, 2.45) is 11.1 Å². The van der Waals surface area contributed by atoms with Crippen LogP contribution in [0.15, 0.2) is 0 Å². The lowest BCUT2D eigenvalue weighted by molar-refractivity contribution is 0.219. The van der Waals surface area contributed by atoms with Gasteiger partial charge < -0.3 is 5.73 Å². The summed E-state index contributed by atoms with van der Waals surface area (Å²) in [7, 11) is 0. The Labute approximate surface area is 76.7 Å². The molecule has 1 rings (SSSR count). The first-order valence-corrected chi connectivity index (χ1v) is 5.20. The molecule has 0 amide bonds. The van der Waals surface area contributed by atoms with Crippen molar-refractivity contribution >= 4 is 0 Å². The normalized spacial score (nSPS) is 37.0. The first kappa shape index (κ1) is 10.0. The van der Waals surface area contributed by atoms with Crippen LogP contribution in [0.1, 0.15) is 59.3 Å². The number of hydrogen-bond acceptors (Lipinski definition) is 1. The Bertz CT molecular complexity index is 129. The molecule has 1 fully saturated rings. The van der Waals surface area contributed by atoms with Gasteiger partial charge in [0.05, 0.1) is 0 Å². The largest absolute Gasteiger partial charge is 0.325 e. The molecule has 0 radical (unpaired) electrons. The van der Waals surface area contributed by atoms with E-state index in [9.17, 15) is 0 Å². The Morgan fingerprint density at radius 3 is 2.08 bits per heavy atom. The second-order valence-corrected chi connectivity index (χ2v) is 5.53. The third-order valence-corrected chi connectivity index (χ3v) is 3.22. The average Bonchev–Trinajstić information content (AvgIpc) is 1.94. The molecule has 0 aromatic carbocycles. The summed E-state index contributed by atoms with van der Waals surface area (Å²) in [6.07, 6.45) is 7.75. The van der Waals surface area contributed by atoms with Crippen molar-refractivity contribution in [2.45, 2.75) is 64.8 Å². The van der Waals surface area contributed by atoms with E-state index in [4.69, 9.17) is 5.73 Å². The minimum Gasteiger partial charge on any atom is -0.325 e. The quantitative estimate of drug-likeness (QED) is 0.592. The zero-order valence-electron chi connectivity index (χ0n) is 8.82. The zero-order chi connectivity index (χ0) is 9.24. The Hall–Kier alpha value is -0.0400. The highest BCUT2D eigenvalue weighted by molar-refractivity contribution is 4.84. The van der Waals surface area contributed by atoms with Crippen LogP contribution in [0.2, 0.25) is 0 Å². The highest BCUT2D eigenvalue weighted by Gasteiger charge is 2.26. The molecule has 0 aromatic rings. The Balaban J connectivity index is 2.51. The topological polar surface area (TPSA) is 26.0 Å². The van der Waals surface area contributed by atoms with Crippen molar-refractivity contribution in [1.82, 2.24) is 0 Å². The average molecular weight is 169 g/mol. The highest BCUT2D eigenvalue weighted by Crippen LogP contribution is 2.35. The summed E-state index contributed by atoms with van der Waals surface area (Å²) < 4.78 is 0. The van der Waals surface area contributed by atoms with E-state index in [0.29, 0.717) is 5.41 Å². The van der Waals surface area contributed by atoms with Crippen molar-refractivity contribution in [1.29, 1.82) is 0 Å². The second kappa shape index (κ2) is 3.37. The summed E-state index contributed by atoms with van der Waals surface area (Å²) in [4.78, 5) is 0. The van der Waals surface area contributed by atoms with Crippen LogP contribution in [0.3, 0.4) is 0 Å². The second-order valence-electron chi connectivity index (χ2n) is 5.53. The molecule has 72 valence electrons. The predicted octanol–water partition coefficient (Wildman–Crippen LogP) is 3.08. The number of hydrogen-bond donors (Lipinski definition) is 1. The van der Waals surface area contributed by atoms with E-state index in [2.05, 4.69) is 20.8 Å². The van der Waals surface area contributed by atoms with Gasteiger partial charge in [0.1, 0.15) is 0 Å². The summed E-state index contributed by atoms with van der Waals surface area (Å²) in [5, 5.41) is 0. The minimum atomic E-state index is 0.109. The van der Waals surface area contributed by atoms with Gasteiger partial charge in [-0.15, -0.1) is 0 Å². The minimum absolute atomic E-state index is 0.109. The summed E-state index contributed by atoms with van der Waals surface area (Å²) in [6, 6.07) is 0. The number of rotatable bonds is 0. The van der Waals surface area contributed by atoms with Gasteiger partial charge in [-0.1, -0.05) is 26.7 Å². The monoisotopic (exact) mass is 169 g/mol. The van der Waals surface area contributed by atoms with Gasteiger partial charge in [0.2, 0.25) is 0 Å². The molecule has 1 nitrogen and oxygen atoms in total. The van der Waals surface area contributed by atoms with Crippen LogP contribution in [0.5, 0.6) is 0 Å². The van der Waals surface area contributed by atoms with E-state index in [1.165, 1.54) is 38.5 Å². The van der Waals surface area contributed by atoms with Crippen molar-refractivity contribution in [3.63, 3.8) is 0 Å². The molecule has 2 N–H and O–H groups in total. The molecule has 1 aliphatic rings. The summed E-state index contributed by atoms with van der Waals surface area (Å²) in [5.41, 5.74) is 6.81. The fourth-order valence-electron chi connectivity index (χ4n) is 2.01. The molecule has 0 saturated heterocycles. The molecule has 0 aromatic heterocycles. The standard InChI is InChI=1S/C11H23N/c1-10(2)6-4-5-7-11(3,12)9-8-10/h4-9,12H2,1-3H3. The third kappa shape index (κ3) is 3.14. The van der Waals surface area contributed by atoms with Crippen LogP contribution in [-0.4, -0.2) is 5.54 Å². The maximum Gasteiger partial charge on any atom is 0.0126 e. The molecule has 0 aliphatic heterocycles. The number of nitrogens with two attached hydrogens (primary N) is 1. The van der Waals surface area contributed by atoms with Crippen LogP contribution >= 0.6 is 0 Å². The molecule has 0 heterocycles. The molecule has 1 atom stereocenters. The molecule has 1 aliphatic carbocycles. The predicted molar refractivity (Wildman–Crippen MR) is 54.1 cm³/mol. The summed E-state index contributed by atoms with van der Waals surface area (Å²) in [6.45, 7) is 6.94. The smallest absolute Gasteiger partial charge is 0.0126 e. The zero-order valence-corrected chi connectivity index (χ0v) is 8.82. The Kier molecular flexibility index (Phi) is 2.82. The van der Waals surface area contributed by atoms with Crippen LogP contribution in [0, 0.1) is 5.41 Å². The molecule has 12 heavy (non-hydrogen) atoms. The molecule has 1 saturated carbocycles. The Morgan fingerprint density at radius 2 is 1.42 bits per heavy atom. The van der Waals surface area contributed by atoms with E-state index in [-0.39, 0.29) is 5.54 Å². The van der Waals surface area contributed by atoms with E-state index in [1.807, 2.05) is 0 Å². The van der Waals surface area contributed by atoms with Gasteiger partial charge in [0.15, 0.2) is 0 Å². The van der Waals surface area contributed by atoms with E-state index >= 15 is 0 Å². The molecular weight excluding hydrogens is 146 g/mol. The van der Waals surface area contributed by atoms with Gasteiger partial charge in [0.25, 0.3) is 0 Å².